The first-order chi connectivity index (χ1) is 15.9. The quantitative estimate of drug-likeness (QED) is 0.285. The van der Waals surface area contributed by atoms with E-state index in [1.54, 1.807) is 30.5 Å². The van der Waals surface area contributed by atoms with Crippen LogP contribution in [0.25, 0.3) is 22.8 Å². The molecule has 2 N–H and O–H groups in total. The summed E-state index contributed by atoms with van der Waals surface area (Å²) < 4.78 is 19.9. The number of anilines is 2. The van der Waals surface area contributed by atoms with E-state index in [0.29, 0.717) is 44.4 Å². The van der Waals surface area contributed by atoms with Crippen molar-refractivity contribution in [3.05, 3.63) is 59.0 Å². The van der Waals surface area contributed by atoms with Gasteiger partial charge in [0.05, 0.1) is 23.2 Å². The zero-order valence-electron chi connectivity index (χ0n) is 17.8. The first kappa shape index (κ1) is 22.6. The van der Waals surface area contributed by atoms with Crippen molar-refractivity contribution in [3.63, 3.8) is 0 Å². The molecule has 11 heteroatoms. The number of carbonyl (C=O) groups is 2. The molecule has 0 radical (unpaired) electrons. The highest BCUT2D eigenvalue weighted by atomic mass is 32.2. The number of hydrogen-bond donors (Lipinski definition) is 2. The van der Waals surface area contributed by atoms with Crippen LogP contribution in [0.4, 0.5) is 15.2 Å². The van der Waals surface area contributed by atoms with Crippen LogP contribution >= 0.6 is 23.1 Å². The predicted molar refractivity (Wildman–Crippen MR) is 126 cm³/mol. The molecule has 1 aromatic carbocycles. The maximum absolute atomic E-state index is 14.5. The molecule has 4 rings (SSSR count). The van der Waals surface area contributed by atoms with Crippen LogP contribution < -0.4 is 10.6 Å². The molecule has 0 aliphatic rings. The van der Waals surface area contributed by atoms with Gasteiger partial charge in [-0.1, -0.05) is 0 Å². The summed E-state index contributed by atoms with van der Waals surface area (Å²) in [6.45, 7) is 3.07. The maximum Gasteiger partial charge on any atom is 0.262 e. The summed E-state index contributed by atoms with van der Waals surface area (Å²) in [5.41, 5.74) is 1.81. The van der Waals surface area contributed by atoms with Gasteiger partial charge in [0, 0.05) is 23.6 Å². The van der Waals surface area contributed by atoms with Crippen molar-refractivity contribution in [2.24, 2.45) is 0 Å². The normalized spacial score (nSPS) is 10.8. The molecule has 0 unspecified atom stereocenters. The SMILES string of the molecule is CSc1nc(-c2ccco2)nc(C)c1C(=O)Nc1nc(-c2ccc(NC(C)=O)cc2F)cs1. The van der Waals surface area contributed by atoms with E-state index in [9.17, 15) is 14.0 Å². The van der Waals surface area contributed by atoms with Crippen molar-refractivity contribution in [2.45, 2.75) is 18.9 Å². The number of halogens is 1. The third-order valence-electron chi connectivity index (χ3n) is 4.51. The van der Waals surface area contributed by atoms with Crippen LogP contribution in [0, 0.1) is 12.7 Å². The van der Waals surface area contributed by atoms with Gasteiger partial charge in [0.15, 0.2) is 16.7 Å². The molecule has 0 saturated carbocycles. The highest BCUT2D eigenvalue weighted by Crippen LogP contribution is 2.30. The number of nitrogens with one attached hydrogen (secondary N) is 2. The molecule has 0 atom stereocenters. The molecule has 0 spiro atoms. The minimum Gasteiger partial charge on any atom is -0.461 e. The molecule has 3 heterocycles. The summed E-state index contributed by atoms with van der Waals surface area (Å²) in [5, 5.41) is 7.73. The van der Waals surface area contributed by atoms with Crippen LogP contribution in [0.2, 0.25) is 0 Å². The zero-order chi connectivity index (χ0) is 23.5. The molecule has 0 saturated heterocycles. The fraction of sp³-hybridized carbons (Fsp3) is 0.136. The van der Waals surface area contributed by atoms with E-state index in [0.717, 1.165) is 0 Å². The Morgan fingerprint density at radius 1 is 1.15 bits per heavy atom. The van der Waals surface area contributed by atoms with Crippen molar-refractivity contribution < 1.29 is 18.4 Å². The number of thiazole rings is 1. The summed E-state index contributed by atoms with van der Waals surface area (Å²) in [6.07, 6.45) is 3.35. The minimum atomic E-state index is -0.535. The molecule has 2 amide bonds. The molecular weight excluding hydrogens is 465 g/mol. The summed E-state index contributed by atoms with van der Waals surface area (Å²) in [6, 6.07) is 7.82. The number of furan rings is 1. The van der Waals surface area contributed by atoms with Crippen molar-refractivity contribution in [2.75, 3.05) is 16.9 Å². The van der Waals surface area contributed by atoms with Crippen molar-refractivity contribution in [1.29, 1.82) is 0 Å². The van der Waals surface area contributed by atoms with E-state index in [-0.39, 0.29) is 11.5 Å². The largest absolute Gasteiger partial charge is 0.461 e. The molecule has 4 aromatic rings. The molecule has 0 fully saturated rings. The Hall–Kier alpha value is -3.57. The average molecular weight is 484 g/mol. The van der Waals surface area contributed by atoms with Gasteiger partial charge in [-0.25, -0.2) is 19.3 Å². The highest BCUT2D eigenvalue weighted by molar-refractivity contribution is 7.98. The third kappa shape index (κ3) is 4.94. The topological polar surface area (TPSA) is 110 Å². The average Bonchev–Trinajstić information content (AvgIpc) is 3.45. The fourth-order valence-electron chi connectivity index (χ4n) is 3.09. The van der Waals surface area contributed by atoms with Crippen LogP contribution in [-0.4, -0.2) is 33.0 Å². The van der Waals surface area contributed by atoms with Crippen LogP contribution in [0.15, 0.2) is 51.4 Å². The summed E-state index contributed by atoms with van der Waals surface area (Å²) in [4.78, 5) is 37.3. The molecule has 0 aliphatic heterocycles. The Morgan fingerprint density at radius 2 is 1.97 bits per heavy atom. The van der Waals surface area contributed by atoms with Gasteiger partial charge in [-0.05, 0) is 43.5 Å². The highest BCUT2D eigenvalue weighted by Gasteiger charge is 2.21. The van der Waals surface area contributed by atoms with E-state index in [1.165, 1.54) is 48.4 Å². The lowest BCUT2D eigenvalue weighted by Crippen LogP contribution is -2.16. The lowest BCUT2D eigenvalue weighted by Gasteiger charge is -2.10. The minimum absolute atomic E-state index is 0.257. The Balaban J connectivity index is 1.56. The van der Waals surface area contributed by atoms with Gasteiger partial charge in [0.1, 0.15) is 10.8 Å². The van der Waals surface area contributed by atoms with Crippen LogP contribution in [-0.2, 0) is 4.79 Å². The standard InChI is InChI=1S/C22H18FN5O3S2/c1-11-18(21(32-3)27-19(24-11)17-5-4-8-31-17)20(30)28-22-26-16(10-33-22)14-7-6-13(9-15(14)23)25-12(2)29/h4-10H,1-3H3,(H,25,29)(H,26,28,30). The Kier molecular flexibility index (Phi) is 6.52. The maximum atomic E-state index is 14.5. The molecule has 0 bridgehead atoms. The van der Waals surface area contributed by atoms with Gasteiger partial charge in [0.2, 0.25) is 5.91 Å². The summed E-state index contributed by atoms with van der Waals surface area (Å²) in [5.74, 6) is -0.330. The Labute approximate surface area is 196 Å². The Morgan fingerprint density at radius 3 is 2.64 bits per heavy atom. The van der Waals surface area contributed by atoms with E-state index < -0.39 is 11.7 Å². The van der Waals surface area contributed by atoms with Crippen molar-refractivity contribution >= 4 is 45.7 Å². The summed E-state index contributed by atoms with van der Waals surface area (Å²) in [7, 11) is 0. The first-order valence-electron chi connectivity index (χ1n) is 9.66. The molecule has 8 nitrogen and oxygen atoms in total. The fourth-order valence-corrected chi connectivity index (χ4v) is 4.42. The predicted octanol–water partition coefficient (Wildman–Crippen LogP) is 5.24. The lowest BCUT2D eigenvalue weighted by atomic mass is 10.1. The number of aryl methyl sites for hydroxylation is 1. The van der Waals surface area contributed by atoms with Gasteiger partial charge in [-0.15, -0.1) is 23.1 Å². The smallest absolute Gasteiger partial charge is 0.262 e. The number of carbonyl (C=O) groups excluding carboxylic acids is 2. The van der Waals surface area contributed by atoms with E-state index >= 15 is 0 Å². The number of hydrogen-bond acceptors (Lipinski definition) is 8. The van der Waals surface area contributed by atoms with Gasteiger partial charge in [0.25, 0.3) is 5.91 Å². The molecule has 3 aromatic heterocycles. The van der Waals surface area contributed by atoms with Gasteiger partial charge >= 0.3 is 0 Å². The first-order valence-corrected chi connectivity index (χ1v) is 11.8. The number of benzene rings is 1. The third-order valence-corrected chi connectivity index (χ3v) is 5.95. The van der Waals surface area contributed by atoms with Crippen LogP contribution in [0.3, 0.4) is 0 Å². The number of rotatable bonds is 6. The molecule has 33 heavy (non-hydrogen) atoms. The second-order valence-electron chi connectivity index (χ2n) is 6.86. The second-order valence-corrected chi connectivity index (χ2v) is 8.52. The van der Waals surface area contributed by atoms with Crippen LogP contribution in [0.1, 0.15) is 23.0 Å². The van der Waals surface area contributed by atoms with E-state index in [4.69, 9.17) is 4.42 Å². The van der Waals surface area contributed by atoms with Crippen LogP contribution in [0.5, 0.6) is 0 Å². The summed E-state index contributed by atoms with van der Waals surface area (Å²) >= 11 is 2.49. The van der Waals surface area contributed by atoms with E-state index in [2.05, 4.69) is 25.6 Å². The van der Waals surface area contributed by atoms with Gasteiger partial charge < -0.3 is 9.73 Å². The zero-order valence-corrected chi connectivity index (χ0v) is 19.4. The van der Waals surface area contributed by atoms with Crippen molar-refractivity contribution in [1.82, 2.24) is 15.0 Å². The molecule has 168 valence electrons. The van der Waals surface area contributed by atoms with Gasteiger partial charge in [-0.3, -0.25) is 14.9 Å². The number of thioether (sulfide) groups is 1. The monoisotopic (exact) mass is 483 g/mol. The Bertz CT molecular complexity index is 1340. The number of aromatic nitrogens is 3. The van der Waals surface area contributed by atoms with Gasteiger partial charge in [-0.2, -0.15) is 0 Å². The molecule has 0 aliphatic carbocycles. The number of nitrogens with zero attached hydrogens (tertiary/aromatic N) is 3. The second kappa shape index (κ2) is 9.51. The number of amides is 2. The lowest BCUT2D eigenvalue weighted by molar-refractivity contribution is -0.114. The van der Waals surface area contributed by atoms with E-state index in [1.807, 2.05) is 6.26 Å². The molecular formula is C22H18FN5O3S2. The van der Waals surface area contributed by atoms with Crippen molar-refractivity contribution in [3.8, 4) is 22.8 Å².